The second-order valence-corrected chi connectivity index (χ2v) is 25.2. The molecule has 0 aliphatic carbocycles. The maximum atomic E-state index is 13.0. The van der Waals surface area contributed by atoms with Crippen LogP contribution >= 0.6 is 0 Å². The molecule has 0 saturated heterocycles. The average Bonchev–Trinajstić information content (AvgIpc) is 3.50. The Labute approximate surface area is 518 Å². The summed E-state index contributed by atoms with van der Waals surface area (Å²) in [4.78, 5) is 38.5. The third-order valence-electron chi connectivity index (χ3n) is 16.8. The predicted molar refractivity (Wildman–Crippen MR) is 362 cm³/mol. The van der Waals surface area contributed by atoms with Gasteiger partial charge in [-0.3, -0.25) is 14.4 Å². The number of ether oxygens (including phenoxy) is 3. The highest BCUT2D eigenvalue weighted by Gasteiger charge is 2.20. The van der Waals surface area contributed by atoms with E-state index < -0.39 is 6.10 Å². The van der Waals surface area contributed by atoms with Gasteiger partial charge in [-0.05, 0) is 57.8 Å². The van der Waals surface area contributed by atoms with E-state index >= 15 is 0 Å². The Hall–Kier alpha value is -2.63. The fourth-order valence-corrected chi connectivity index (χ4v) is 11.3. The second-order valence-electron chi connectivity index (χ2n) is 25.2. The molecule has 0 aliphatic heterocycles. The molecule has 0 heterocycles. The molecular weight excluding hydrogens is 1020 g/mol. The van der Waals surface area contributed by atoms with Gasteiger partial charge in [0.2, 0.25) is 0 Å². The average molecular weight is 1160 g/mol. The number of unbranched alkanes of at least 4 members (excludes halogenated alkanes) is 50. The Morgan fingerprint density at radius 3 is 0.735 bits per heavy atom. The molecule has 0 aromatic rings. The van der Waals surface area contributed by atoms with E-state index in [-0.39, 0.29) is 31.1 Å². The van der Waals surface area contributed by atoms with Gasteiger partial charge in [0.25, 0.3) is 0 Å². The Morgan fingerprint density at radius 2 is 0.470 bits per heavy atom. The van der Waals surface area contributed by atoms with Crippen LogP contribution in [0.1, 0.15) is 406 Å². The van der Waals surface area contributed by atoms with E-state index in [0.29, 0.717) is 19.3 Å². The summed E-state index contributed by atoms with van der Waals surface area (Å²) < 4.78 is 17.0. The van der Waals surface area contributed by atoms with E-state index in [2.05, 4.69) is 69.4 Å². The van der Waals surface area contributed by atoms with Crippen molar-refractivity contribution in [3.63, 3.8) is 0 Å². The first-order valence-corrected chi connectivity index (χ1v) is 37.1. The Bertz CT molecular complexity index is 1430. The smallest absolute Gasteiger partial charge is 0.306 e. The summed E-state index contributed by atoms with van der Waals surface area (Å²) in [5.74, 6) is -0.856. The van der Waals surface area contributed by atoms with Gasteiger partial charge in [0.1, 0.15) is 13.2 Å². The first-order chi connectivity index (χ1) is 41.0. The van der Waals surface area contributed by atoms with Crippen molar-refractivity contribution in [3.05, 3.63) is 48.6 Å². The van der Waals surface area contributed by atoms with Crippen LogP contribution in [0, 0.1) is 0 Å². The molecule has 0 aliphatic rings. The molecule has 0 bridgehead atoms. The molecule has 0 aromatic heterocycles. The molecule has 0 saturated carbocycles. The quantitative estimate of drug-likeness (QED) is 0.0261. The largest absolute Gasteiger partial charge is 0.462 e. The van der Waals surface area contributed by atoms with Crippen LogP contribution in [-0.2, 0) is 28.6 Å². The van der Waals surface area contributed by atoms with Crippen LogP contribution in [0.2, 0.25) is 0 Å². The molecule has 1 unspecified atom stereocenters. The molecule has 0 spiro atoms. The standard InChI is InChI=1S/C77H142O6/c1-4-7-10-13-16-19-22-25-28-31-34-35-36-37-38-39-40-41-42-44-46-49-52-55-58-61-64-67-70-76(79)82-73-74(72-81-75(78)69-66-63-60-57-54-51-48-45-33-30-27-24-21-18-15-12-9-6-3)83-77(80)71-68-65-62-59-56-53-50-47-43-32-29-26-23-20-17-14-11-8-5-2/h8,11,17,20,26,29,43,47,74H,4-7,9-10,12-16,18-19,21-25,27-28,30-42,44-46,48-73H2,1-3H3/b11-8-,20-17-,29-26-,47-43-. The number of esters is 3. The van der Waals surface area contributed by atoms with Crippen molar-refractivity contribution in [1.29, 1.82) is 0 Å². The van der Waals surface area contributed by atoms with E-state index in [1.54, 1.807) is 0 Å². The van der Waals surface area contributed by atoms with Gasteiger partial charge < -0.3 is 14.2 Å². The molecule has 0 fully saturated rings. The van der Waals surface area contributed by atoms with Gasteiger partial charge in [-0.15, -0.1) is 0 Å². The van der Waals surface area contributed by atoms with Crippen molar-refractivity contribution >= 4 is 17.9 Å². The number of allylic oxidation sites excluding steroid dienone is 8. The molecule has 6 heteroatoms. The molecule has 1 atom stereocenters. The van der Waals surface area contributed by atoms with Gasteiger partial charge in [0.05, 0.1) is 0 Å². The van der Waals surface area contributed by atoms with Gasteiger partial charge in [-0.2, -0.15) is 0 Å². The SMILES string of the molecule is CC/C=C\C/C=C\C/C=C\C/C=C\CCCCCCCCC(=O)OC(COC(=O)CCCCCCCCCCCCCCCCCCCC)COC(=O)CCCCCCCCCCCCCCCCCCCCCCCCCCCCCC. The van der Waals surface area contributed by atoms with Crippen LogP contribution in [0.4, 0.5) is 0 Å². The Kier molecular flexibility index (Phi) is 69.6. The maximum absolute atomic E-state index is 13.0. The molecule has 0 radical (unpaired) electrons. The van der Waals surface area contributed by atoms with Crippen LogP contribution in [0.15, 0.2) is 48.6 Å². The molecule has 486 valence electrons. The molecule has 83 heavy (non-hydrogen) atoms. The van der Waals surface area contributed by atoms with Crippen LogP contribution < -0.4 is 0 Å². The summed E-state index contributed by atoms with van der Waals surface area (Å²) in [5.41, 5.74) is 0. The first-order valence-electron chi connectivity index (χ1n) is 37.1. The molecule has 0 amide bonds. The van der Waals surface area contributed by atoms with Gasteiger partial charge in [-0.25, -0.2) is 0 Å². The number of carbonyl (C=O) groups excluding carboxylic acids is 3. The van der Waals surface area contributed by atoms with E-state index in [9.17, 15) is 14.4 Å². The highest BCUT2D eigenvalue weighted by atomic mass is 16.6. The predicted octanol–water partition coefficient (Wildman–Crippen LogP) is 25.7. The zero-order valence-electron chi connectivity index (χ0n) is 56.0. The summed E-state index contributed by atoms with van der Waals surface area (Å²) in [6, 6.07) is 0. The number of carbonyl (C=O) groups is 3. The van der Waals surface area contributed by atoms with Gasteiger partial charge in [-0.1, -0.05) is 378 Å². The lowest BCUT2D eigenvalue weighted by Crippen LogP contribution is -2.30. The Morgan fingerprint density at radius 1 is 0.253 bits per heavy atom. The van der Waals surface area contributed by atoms with Gasteiger partial charge >= 0.3 is 17.9 Å². The minimum atomic E-state index is -0.780. The van der Waals surface area contributed by atoms with Crippen molar-refractivity contribution in [2.45, 2.75) is 412 Å². The van der Waals surface area contributed by atoms with Crippen LogP contribution in [0.25, 0.3) is 0 Å². The van der Waals surface area contributed by atoms with Crippen LogP contribution in [0.3, 0.4) is 0 Å². The zero-order chi connectivity index (χ0) is 59.9. The van der Waals surface area contributed by atoms with Crippen molar-refractivity contribution in [2.75, 3.05) is 13.2 Å². The lowest BCUT2D eigenvalue weighted by molar-refractivity contribution is -0.167. The van der Waals surface area contributed by atoms with Crippen LogP contribution in [-0.4, -0.2) is 37.2 Å². The molecule has 0 N–H and O–H groups in total. The lowest BCUT2D eigenvalue weighted by Gasteiger charge is -2.18. The van der Waals surface area contributed by atoms with E-state index in [4.69, 9.17) is 14.2 Å². The summed E-state index contributed by atoms with van der Waals surface area (Å²) >= 11 is 0. The number of hydrogen-bond donors (Lipinski definition) is 0. The normalized spacial score (nSPS) is 12.3. The molecular formula is C77H142O6. The third kappa shape index (κ3) is 70.0. The number of hydrogen-bond acceptors (Lipinski definition) is 6. The van der Waals surface area contributed by atoms with E-state index in [1.807, 2.05) is 0 Å². The summed E-state index contributed by atoms with van der Waals surface area (Å²) in [6.45, 7) is 6.60. The van der Waals surface area contributed by atoms with E-state index in [1.165, 1.54) is 270 Å². The zero-order valence-corrected chi connectivity index (χ0v) is 56.0. The highest BCUT2D eigenvalue weighted by molar-refractivity contribution is 5.71. The van der Waals surface area contributed by atoms with Crippen molar-refractivity contribution in [1.82, 2.24) is 0 Å². The monoisotopic (exact) mass is 1160 g/mol. The first kappa shape index (κ1) is 80.4. The molecule has 6 nitrogen and oxygen atoms in total. The van der Waals surface area contributed by atoms with Gasteiger partial charge in [0.15, 0.2) is 6.10 Å². The Balaban J connectivity index is 4.26. The maximum Gasteiger partial charge on any atom is 0.306 e. The van der Waals surface area contributed by atoms with Gasteiger partial charge in [0, 0.05) is 19.3 Å². The van der Waals surface area contributed by atoms with Crippen molar-refractivity contribution in [2.24, 2.45) is 0 Å². The lowest BCUT2D eigenvalue weighted by atomic mass is 10.0. The second kappa shape index (κ2) is 71.8. The minimum absolute atomic E-state index is 0.0736. The molecule has 0 aromatic carbocycles. The van der Waals surface area contributed by atoms with E-state index in [0.717, 1.165) is 96.3 Å². The molecule has 0 rings (SSSR count). The minimum Gasteiger partial charge on any atom is -0.462 e. The summed E-state index contributed by atoms with van der Waals surface area (Å²) in [7, 11) is 0. The van der Waals surface area contributed by atoms with Crippen molar-refractivity contribution in [3.8, 4) is 0 Å². The van der Waals surface area contributed by atoms with Crippen molar-refractivity contribution < 1.29 is 28.6 Å². The summed E-state index contributed by atoms with van der Waals surface area (Å²) in [5, 5.41) is 0. The fourth-order valence-electron chi connectivity index (χ4n) is 11.3. The van der Waals surface area contributed by atoms with Crippen LogP contribution in [0.5, 0.6) is 0 Å². The summed E-state index contributed by atoms with van der Waals surface area (Å²) in [6.07, 6.45) is 91.5. The highest BCUT2D eigenvalue weighted by Crippen LogP contribution is 2.19. The topological polar surface area (TPSA) is 78.9 Å². The fraction of sp³-hybridized carbons (Fsp3) is 0.857. The third-order valence-corrected chi connectivity index (χ3v) is 16.8. The number of rotatable bonds is 69.